The second kappa shape index (κ2) is 13.8. The van der Waals surface area contributed by atoms with Gasteiger partial charge in [0.2, 0.25) is 5.16 Å². The van der Waals surface area contributed by atoms with E-state index in [0.29, 0.717) is 18.0 Å². The lowest BCUT2D eigenvalue weighted by Gasteiger charge is -2.47. The summed E-state index contributed by atoms with van der Waals surface area (Å²) in [4.78, 5) is 5.42. The van der Waals surface area contributed by atoms with Gasteiger partial charge in [-0.2, -0.15) is 4.68 Å². The Morgan fingerprint density at radius 2 is 1.65 bits per heavy atom. The summed E-state index contributed by atoms with van der Waals surface area (Å²) in [7, 11) is 1.75. The Labute approximate surface area is 253 Å². The van der Waals surface area contributed by atoms with Crippen LogP contribution < -0.4 is 4.74 Å². The van der Waals surface area contributed by atoms with Gasteiger partial charge in [0.15, 0.2) is 0 Å². The Bertz CT molecular complexity index is 1320. The Kier molecular flexibility index (Phi) is 10.5. The van der Waals surface area contributed by atoms with Gasteiger partial charge >= 0.3 is 0 Å². The molecule has 10 heteroatoms. The highest BCUT2D eigenvalue weighted by atomic mass is 35.5. The van der Waals surface area contributed by atoms with Crippen molar-refractivity contribution in [3.8, 4) is 11.4 Å². The minimum Gasteiger partial charge on any atom is -0.496 e. The Balaban J connectivity index is 0.00000185. The first-order valence-electron chi connectivity index (χ1n) is 13.3. The van der Waals surface area contributed by atoms with Gasteiger partial charge in [0, 0.05) is 43.2 Å². The van der Waals surface area contributed by atoms with E-state index in [1.54, 1.807) is 11.8 Å². The highest BCUT2D eigenvalue weighted by Crippen LogP contribution is 2.38. The van der Waals surface area contributed by atoms with E-state index < -0.39 is 0 Å². The Hall–Kier alpha value is -2.62. The fraction of sp³-hybridized carbons (Fsp3) is 0.367. The number of ether oxygens (including phenoxy) is 1. The highest BCUT2D eigenvalue weighted by molar-refractivity contribution is 7.98. The number of benzene rings is 3. The van der Waals surface area contributed by atoms with Crippen LogP contribution in [0.5, 0.6) is 5.75 Å². The molecular weight excluding hydrogens is 563 g/mol. The molecule has 0 aliphatic carbocycles. The molecular formula is C30H36Cl2N6OS. The van der Waals surface area contributed by atoms with Crippen LogP contribution >= 0.6 is 36.6 Å². The molecule has 2 aliphatic heterocycles. The number of hydrogen-bond donors (Lipinski definition) is 0. The molecule has 0 unspecified atom stereocenters. The summed E-state index contributed by atoms with van der Waals surface area (Å²) in [5, 5.41) is 13.0. The minimum absolute atomic E-state index is 0. The second-order valence-electron chi connectivity index (χ2n) is 10.2. The van der Waals surface area contributed by atoms with Crippen molar-refractivity contribution in [2.24, 2.45) is 0 Å². The smallest absolute Gasteiger partial charge is 0.213 e. The lowest BCUT2D eigenvalue weighted by Crippen LogP contribution is -2.57. The first-order valence-corrected chi connectivity index (χ1v) is 14.6. The fourth-order valence-corrected chi connectivity index (χ4v) is 6.78. The third-order valence-electron chi connectivity index (χ3n) is 7.99. The summed E-state index contributed by atoms with van der Waals surface area (Å²) in [5.41, 5.74) is 4.89. The van der Waals surface area contributed by atoms with Crippen LogP contribution in [0.3, 0.4) is 0 Å². The standard InChI is InChI=1S/C30H34N6OS.2ClH/c1-37-28-16-15-25(36-30(38-2)31-32-33-36)18-24(28)19-34-20-26-14-9-17-35(26)27(21-34)29(22-10-5-3-6-11-22)23-12-7-4-8-13-23;;/h3-8,10-13,15-16,18,26-27,29H,9,14,17,19-21H2,1-2H3;2*1H/t26-,27-;;/m0../s1. The predicted molar refractivity (Wildman–Crippen MR) is 166 cm³/mol. The summed E-state index contributed by atoms with van der Waals surface area (Å²) in [5.74, 6) is 1.22. The summed E-state index contributed by atoms with van der Waals surface area (Å²) in [6, 6.07) is 29.3. The highest BCUT2D eigenvalue weighted by Gasteiger charge is 2.41. The van der Waals surface area contributed by atoms with Gasteiger partial charge in [-0.15, -0.1) is 29.9 Å². The molecule has 0 radical (unpaired) electrons. The molecule has 0 amide bonds. The van der Waals surface area contributed by atoms with Crippen LogP contribution in [0.4, 0.5) is 0 Å². The van der Waals surface area contributed by atoms with Crippen LogP contribution in [-0.4, -0.2) is 75.1 Å². The summed E-state index contributed by atoms with van der Waals surface area (Å²) < 4.78 is 7.61. The molecule has 0 bridgehead atoms. The van der Waals surface area contributed by atoms with Gasteiger partial charge < -0.3 is 4.74 Å². The number of rotatable bonds is 8. The van der Waals surface area contributed by atoms with Crippen LogP contribution in [0, 0.1) is 0 Å². The maximum absolute atomic E-state index is 5.81. The van der Waals surface area contributed by atoms with Gasteiger partial charge in [-0.3, -0.25) is 9.80 Å². The number of halogens is 2. The fourth-order valence-electron chi connectivity index (χ4n) is 6.35. The summed E-state index contributed by atoms with van der Waals surface area (Å²) in [6.45, 7) is 4.07. The molecule has 212 valence electrons. The zero-order chi connectivity index (χ0) is 25.9. The lowest BCUT2D eigenvalue weighted by atomic mass is 9.82. The van der Waals surface area contributed by atoms with Gasteiger partial charge in [-0.05, 0) is 65.4 Å². The van der Waals surface area contributed by atoms with Crippen LogP contribution in [0.25, 0.3) is 5.69 Å². The van der Waals surface area contributed by atoms with Crippen LogP contribution in [0.15, 0.2) is 84.0 Å². The van der Waals surface area contributed by atoms with Crippen molar-refractivity contribution in [1.82, 2.24) is 30.0 Å². The molecule has 0 saturated carbocycles. The zero-order valence-corrected chi connectivity index (χ0v) is 25.2. The molecule has 2 fully saturated rings. The topological polar surface area (TPSA) is 59.3 Å². The van der Waals surface area contributed by atoms with Gasteiger partial charge in [-0.1, -0.05) is 72.4 Å². The average Bonchev–Trinajstić information content (AvgIpc) is 3.64. The molecule has 2 aliphatic rings. The van der Waals surface area contributed by atoms with E-state index in [2.05, 4.69) is 92.1 Å². The number of nitrogens with zero attached hydrogens (tertiary/aromatic N) is 6. The molecule has 40 heavy (non-hydrogen) atoms. The predicted octanol–water partition coefficient (Wildman–Crippen LogP) is 5.72. The van der Waals surface area contributed by atoms with Crippen molar-refractivity contribution >= 4 is 36.6 Å². The van der Waals surface area contributed by atoms with Crippen LogP contribution in [0.1, 0.15) is 35.4 Å². The molecule has 1 aromatic heterocycles. The number of aromatic nitrogens is 4. The normalized spacial score (nSPS) is 19.1. The van der Waals surface area contributed by atoms with E-state index in [1.807, 2.05) is 18.4 Å². The van der Waals surface area contributed by atoms with Crippen molar-refractivity contribution in [3.05, 3.63) is 95.6 Å². The van der Waals surface area contributed by atoms with E-state index in [9.17, 15) is 0 Å². The first-order chi connectivity index (χ1) is 18.7. The minimum atomic E-state index is 0. The SMILES string of the molecule is COc1ccc(-n2nnnc2SC)cc1CN1C[C@@H]2CCCN2[C@H](C(c2ccccc2)c2ccccc2)C1.Cl.Cl. The van der Waals surface area contributed by atoms with Gasteiger partial charge in [0.25, 0.3) is 0 Å². The molecule has 2 atom stereocenters. The average molecular weight is 600 g/mol. The molecule has 7 nitrogen and oxygen atoms in total. The molecule has 0 spiro atoms. The number of tetrazole rings is 1. The van der Waals surface area contributed by atoms with Crippen molar-refractivity contribution in [1.29, 1.82) is 0 Å². The maximum Gasteiger partial charge on any atom is 0.213 e. The zero-order valence-electron chi connectivity index (χ0n) is 22.8. The summed E-state index contributed by atoms with van der Waals surface area (Å²) in [6.07, 6.45) is 4.51. The molecule has 6 rings (SSSR count). The van der Waals surface area contributed by atoms with Crippen molar-refractivity contribution in [2.75, 3.05) is 33.0 Å². The number of hydrogen-bond acceptors (Lipinski definition) is 7. The van der Waals surface area contributed by atoms with E-state index in [1.165, 1.54) is 42.3 Å². The van der Waals surface area contributed by atoms with E-state index >= 15 is 0 Å². The van der Waals surface area contributed by atoms with Crippen molar-refractivity contribution in [2.45, 2.75) is 42.5 Å². The molecule has 0 N–H and O–H groups in total. The molecule has 3 aromatic carbocycles. The quantitative estimate of drug-likeness (QED) is 0.240. The van der Waals surface area contributed by atoms with Crippen LogP contribution in [0.2, 0.25) is 0 Å². The van der Waals surface area contributed by atoms with Gasteiger partial charge in [-0.25, -0.2) is 0 Å². The lowest BCUT2D eigenvalue weighted by molar-refractivity contribution is 0.0380. The second-order valence-corrected chi connectivity index (χ2v) is 10.9. The Morgan fingerprint density at radius 3 is 2.30 bits per heavy atom. The number of fused-ring (bicyclic) bond motifs is 1. The molecule has 4 aromatic rings. The Morgan fingerprint density at radius 1 is 0.950 bits per heavy atom. The number of piperazine rings is 1. The maximum atomic E-state index is 5.81. The third kappa shape index (κ3) is 6.16. The monoisotopic (exact) mass is 598 g/mol. The number of thioether (sulfide) groups is 1. The van der Waals surface area contributed by atoms with E-state index in [4.69, 9.17) is 4.74 Å². The first kappa shape index (κ1) is 30.3. The van der Waals surface area contributed by atoms with Gasteiger partial charge in [0.1, 0.15) is 5.75 Å². The third-order valence-corrected chi connectivity index (χ3v) is 8.61. The van der Waals surface area contributed by atoms with Crippen molar-refractivity contribution < 1.29 is 4.74 Å². The van der Waals surface area contributed by atoms with E-state index in [0.717, 1.165) is 41.8 Å². The summed E-state index contributed by atoms with van der Waals surface area (Å²) >= 11 is 1.54. The van der Waals surface area contributed by atoms with Crippen LogP contribution in [-0.2, 0) is 6.54 Å². The molecule has 3 heterocycles. The van der Waals surface area contributed by atoms with E-state index in [-0.39, 0.29) is 24.8 Å². The number of methoxy groups -OCH3 is 1. The molecule has 2 saturated heterocycles. The largest absolute Gasteiger partial charge is 0.496 e. The van der Waals surface area contributed by atoms with Gasteiger partial charge in [0.05, 0.1) is 12.8 Å². The van der Waals surface area contributed by atoms with Crippen molar-refractivity contribution in [3.63, 3.8) is 0 Å².